The highest BCUT2D eigenvalue weighted by Crippen LogP contribution is 2.29. The van der Waals surface area contributed by atoms with Gasteiger partial charge in [0.05, 0.1) is 0 Å². The molecule has 19 heavy (non-hydrogen) atoms. The van der Waals surface area contributed by atoms with E-state index >= 15 is 0 Å². The molecule has 1 N–H and O–H groups in total. The molecule has 0 atom stereocenters. The lowest BCUT2D eigenvalue weighted by molar-refractivity contribution is 0.675. The number of aryl methyl sites for hydroxylation is 1. The molecule has 0 fully saturated rings. The molecule has 0 saturated heterocycles. The van der Waals surface area contributed by atoms with E-state index in [0.717, 1.165) is 40.1 Å². The lowest BCUT2D eigenvalue weighted by Crippen LogP contribution is -2.13. The summed E-state index contributed by atoms with van der Waals surface area (Å²) in [7, 11) is 1.87. The van der Waals surface area contributed by atoms with Crippen molar-refractivity contribution in [1.82, 2.24) is 20.1 Å². The third-order valence-electron chi connectivity index (χ3n) is 2.65. The van der Waals surface area contributed by atoms with Crippen LogP contribution in [0.15, 0.2) is 34.6 Å². The molecule has 0 aliphatic carbocycles. The van der Waals surface area contributed by atoms with E-state index in [4.69, 9.17) is 11.6 Å². The molecule has 0 radical (unpaired) electrons. The molecule has 0 aliphatic heterocycles. The van der Waals surface area contributed by atoms with Gasteiger partial charge in [0.15, 0.2) is 5.16 Å². The van der Waals surface area contributed by atoms with E-state index in [1.165, 1.54) is 0 Å². The van der Waals surface area contributed by atoms with Gasteiger partial charge in [0.1, 0.15) is 6.33 Å². The maximum absolute atomic E-state index is 6.29. The minimum absolute atomic E-state index is 0.788. The van der Waals surface area contributed by atoms with Gasteiger partial charge in [0, 0.05) is 23.5 Å². The van der Waals surface area contributed by atoms with Crippen LogP contribution in [-0.2, 0) is 13.6 Å². The Bertz CT molecular complexity index is 541. The van der Waals surface area contributed by atoms with Crippen molar-refractivity contribution in [3.05, 3.63) is 35.1 Å². The number of nitrogens with one attached hydrogen (secondary N) is 1. The molecule has 1 heterocycles. The molecule has 0 amide bonds. The Morgan fingerprint density at radius 1 is 1.42 bits per heavy atom. The number of aromatic nitrogens is 3. The first-order valence-corrected chi connectivity index (χ1v) is 7.41. The Morgan fingerprint density at radius 2 is 2.26 bits per heavy atom. The normalized spacial score (nSPS) is 10.9. The zero-order valence-electron chi connectivity index (χ0n) is 11.1. The quantitative estimate of drug-likeness (QED) is 0.832. The zero-order chi connectivity index (χ0) is 13.7. The van der Waals surface area contributed by atoms with E-state index in [1.807, 2.05) is 13.1 Å². The molecular formula is C13H17ClN4S. The lowest BCUT2D eigenvalue weighted by Gasteiger charge is -2.07. The number of hydrogen-bond acceptors (Lipinski definition) is 4. The van der Waals surface area contributed by atoms with Gasteiger partial charge in [-0.3, -0.25) is 0 Å². The van der Waals surface area contributed by atoms with E-state index in [-0.39, 0.29) is 0 Å². The largest absolute Gasteiger partial charge is 0.313 e. The molecule has 0 aliphatic rings. The maximum atomic E-state index is 6.29. The van der Waals surface area contributed by atoms with Crippen molar-refractivity contribution >= 4 is 23.4 Å². The molecule has 102 valence electrons. The smallest absolute Gasteiger partial charge is 0.190 e. The number of hydrogen-bond donors (Lipinski definition) is 1. The van der Waals surface area contributed by atoms with Crippen molar-refractivity contribution in [3.8, 4) is 0 Å². The molecule has 1 aromatic heterocycles. The van der Waals surface area contributed by atoms with E-state index < -0.39 is 0 Å². The molecule has 2 rings (SSSR count). The van der Waals surface area contributed by atoms with Crippen molar-refractivity contribution in [2.75, 3.05) is 6.54 Å². The van der Waals surface area contributed by atoms with Gasteiger partial charge in [-0.25, -0.2) is 9.67 Å². The Morgan fingerprint density at radius 3 is 2.89 bits per heavy atom. The lowest BCUT2D eigenvalue weighted by atomic mass is 10.2. The Balaban J connectivity index is 2.04. The third-order valence-corrected chi connectivity index (χ3v) is 4.04. The van der Waals surface area contributed by atoms with Gasteiger partial charge in [-0.2, -0.15) is 5.10 Å². The fourth-order valence-electron chi connectivity index (χ4n) is 1.62. The van der Waals surface area contributed by atoms with Crippen molar-refractivity contribution in [3.63, 3.8) is 0 Å². The van der Waals surface area contributed by atoms with Gasteiger partial charge in [0.2, 0.25) is 0 Å². The average molecular weight is 297 g/mol. The van der Waals surface area contributed by atoms with E-state index in [1.54, 1.807) is 22.8 Å². The zero-order valence-corrected chi connectivity index (χ0v) is 12.6. The Labute approximate surface area is 122 Å². The summed E-state index contributed by atoms with van der Waals surface area (Å²) in [6.45, 7) is 3.96. The minimum atomic E-state index is 0.788. The van der Waals surface area contributed by atoms with Crippen LogP contribution in [0, 0.1) is 0 Å². The number of halogens is 1. The summed E-state index contributed by atoms with van der Waals surface area (Å²) in [4.78, 5) is 5.25. The number of nitrogens with zero attached hydrogens (tertiary/aromatic N) is 3. The molecule has 2 aromatic rings. The second-order valence-corrected chi connectivity index (χ2v) is 5.65. The second-order valence-electron chi connectivity index (χ2n) is 4.20. The van der Waals surface area contributed by atoms with Crippen LogP contribution >= 0.6 is 23.4 Å². The van der Waals surface area contributed by atoms with Gasteiger partial charge in [-0.05, 0) is 30.7 Å². The standard InChI is InChI=1S/C13H17ClN4S/c1-3-6-15-8-10-4-5-11(7-12(10)14)19-13-16-9-17-18(13)2/h4-5,7,9,15H,3,6,8H2,1-2H3. The first-order chi connectivity index (χ1) is 9.20. The van der Waals surface area contributed by atoms with Gasteiger partial charge in [-0.1, -0.05) is 36.4 Å². The summed E-state index contributed by atoms with van der Waals surface area (Å²) < 4.78 is 1.75. The van der Waals surface area contributed by atoms with Gasteiger partial charge in [0.25, 0.3) is 0 Å². The fraction of sp³-hybridized carbons (Fsp3) is 0.385. The molecule has 4 nitrogen and oxygen atoms in total. The topological polar surface area (TPSA) is 42.7 Å². The maximum Gasteiger partial charge on any atom is 0.190 e. The summed E-state index contributed by atoms with van der Waals surface area (Å²) in [5, 5.41) is 9.04. The number of benzene rings is 1. The fourth-order valence-corrected chi connectivity index (χ4v) is 2.73. The summed E-state index contributed by atoms with van der Waals surface area (Å²) in [6.07, 6.45) is 2.67. The van der Waals surface area contributed by atoms with E-state index in [0.29, 0.717) is 0 Å². The van der Waals surface area contributed by atoms with Crippen molar-refractivity contribution in [1.29, 1.82) is 0 Å². The van der Waals surface area contributed by atoms with Crippen molar-refractivity contribution in [2.45, 2.75) is 29.9 Å². The van der Waals surface area contributed by atoms with Crippen LogP contribution in [0.2, 0.25) is 5.02 Å². The first-order valence-electron chi connectivity index (χ1n) is 6.21. The Kier molecular flexibility index (Phi) is 5.24. The summed E-state index contributed by atoms with van der Waals surface area (Å²) in [5.74, 6) is 0. The van der Waals surface area contributed by atoms with Crippen LogP contribution in [0.3, 0.4) is 0 Å². The first kappa shape index (κ1) is 14.4. The predicted molar refractivity (Wildman–Crippen MR) is 78.6 cm³/mol. The monoisotopic (exact) mass is 296 g/mol. The van der Waals surface area contributed by atoms with E-state index in [9.17, 15) is 0 Å². The van der Waals surface area contributed by atoms with Crippen molar-refractivity contribution in [2.24, 2.45) is 7.05 Å². The summed E-state index contributed by atoms with van der Waals surface area (Å²) >= 11 is 7.85. The Hall–Kier alpha value is -1.04. The number of rotatable bonds is 6. The van der Waals surface area contributed by atoms with Crippen LogP contribution in [0.4, 0.5) is 0 Å². The summed E-state index contributed by atoms with van der Waals surface area (Å²) in [6, 6.07) is 6.10. The molecule has 0 spiro atoms. The SMILES string of the molecule is CCCNCc1ccc(Sc2ncnn2C)cc1Cl. The highest BCUT2D eigenvalue weighted by atomic mass is 35.5. The second kappa shape index (κ2) is 6.93. The van der Waals surface area contributed by atoms with Gasteiger partial charge < -0.3 is 5.32 Å². The van der Waals surface area contributed by atoms with Crippen LogP contribution in [0.1, 0.15) is 18.9 Å². The average Bonchev–Trinajstić information content (AvgIpc) is 2.78. The van der Waals surface area contributed by atoms with Gasteiger partial charge >= 0.3 is 0 Å². The molecule has 0 bridgehead atoms. The molecule has 6 heteroatoms. The minimum Gasteiger partial charge on any atom is -0.313 e. The van der Waals surface area contributed by atoms with Crippen LogP contribution in [0.5, 0.6) is 0 Å². The van der Waals surface area contributed by atoms with Crippen molar-refractivity contribution < 1.29 is 0 Å². The van der Waals surface area contributed by atoms with Crippen LogP contribution in [-0.4, -0.2) is 21.3 Å². The van der Waals surface area contributed by atoms with Crippen LogP contribution < -0.4 is 5.32 Å². The summed E-state index contributed by atoms with van der Waals surface area (Å²) in [5.41, 5.74) is 1.12. The molecule has 0 unspecified atom stereocenters. The third kappa shape index (κ3) is 3.96. The highest BCUT2D eigenvalue weighted by Gasteiger charge is 2.06. The van der Waals surface area contributed by atoms with E-state index in [2.05, 4.69) is 34.5 Å². The van der Waals surface area contributed by atoms with Gasteiger partial charge in [-0.15, -0.1) is 0 Å². The molecular weight excluding hydrogens is 280 g/mol. The molecule has 1 aromatic carbocycles. The highest BCUT2D eigenvalue weighted by molar-refractivity contribution is 7.99. The van der Waals surface area contributed by atoms with Crippen LogP contribution in [0.25, 0.3) is 0 Å². The molecule has 0 saturated carbocycles. The predicted octanol–water partition coefficient (Wildman–Crippen LogP) is 3.12.